The minimum atomic E-state index is 0.212. The van der Waals surface area contributed by atoms with E-state index in [1.165, 1.54) is 11.1 Å². The lowest BCUT2D eigenvalue weighted by Gasteiger charge is -2.03. The summed E-state index contributed by atoms with van der Waals surface area (Å²) in [5.41, 5.74) is 3.35. The monoisotopic (exact) mass is 270 g/mol. The number of Topliss-reactive ketones (excluding diaryl/α,β-unsaturated/α-hetero) is 1. The summed E-state index contributed by atoms with van der Waals surface area (Å²) in [6.45, 7) is 2.12. The number of thioether (sulfide) groups is 1. The van der Waals surface area contributed by atoms with Crippen LogP contribution in [0.1, 0.15) is 28.4 Å². The van der Waals surface area contributed by atoms with Crippen LogP contribution in [0.3, 0.4) is 0 Å². The number of benzene rings is 2. The first-order valence-corrected chi connectivity index (χ1v) is 7.69. The van der Waals surface area contributed by atoms with Gasteiger partial charge in [-0.25, -0.2) is 0 Å². The molecule has 0 N–H and O–H groups in total. The average molecular weight is 270 g/mol. The van der Waals surface area contributed by atoms with Crippen molar-refractivity contribution in [1.82, 2.24) is 0 Å². The van der Waals surface area contributed by atoms with Crippen LogP contribution in [0.2, 0.25) is 0 Å². The molecule has 0 aliphatic heterocycles. The molecule has 0 aromatic heterocycles. The zero-order chi connectivity index (χ0) is 13.5. The smallest absolute Gasteiger partial charge is 0.172 e. The van der Waals surface area contributed by atoms with Gasteiger partial charge in [0.25, 0.3) is 0 Å². The Morgan fingerprint density at radius 3 is 2.26 bits per heavy atom. The minimum absolute atomic E-state index is 0.212. The van der Waals surface area contributed by atoms with Gasteiger partial charge < -0.3 is 0 Å². The van der Waals surface area contributed by atoms with Gasteiger partial charge in [-0.2, -0.15) is 0 Å². The molecule has 1 nitrogen and oxygen atoms in total. The first kappa shape index (κ1) is 13.9. The van der Waals surface area contributed by atoms with Crippen LogP contribution in [0.25, 0.3) is 0 Å². The van der Waals surface area contributed by atoms with Crippen LogP contribution in [-0.4, -0.2) is 11.5 Å². The van der Waals surface area contributed by atoms with Crippen LogP contribution in [0.5, 0.6) is 0 Å². The molecule has 0 saturated heterocycles. The standard InChI is InChI=1S/C17H18OS/c1-2-14-8-10-16(11-9-14)17(18)13-19-12-15-6-4-3-5-7-15/h3-11H,2,12-13H2,1H3. The van der Waals surface area contributed by atoms with Crippen LogP contribution in [-0.2, 0) is 12.2 Å². The number of aryl methyl sites for hydroxylation is 1. The van der Waals surface area contributed by atoms with Gasteiger partial charge in [0, 0.05) is 11.3 Å². The molecule has 0 spiro atoms. The van der Waals surface area contributed by atoms with E-state index in [4.69, 9.17) is 0 Å². The third-order valence-corrected chi connectivity index (χ3v) is 4.03. The SMILES string of the molecule is CCc1ccc(C(=O)CSCc2ccccc2)cc1. The molecule has 0 atom stereocenters. The molecule has 2 aromatic rings. The summed E-state index contributed by atoms with van der Waals surface area (Å²) < 4.78 is 0. The predicted octanol–water partition coefficient (Wildman–Crippen LogP) is 4.37. The van der Waals surface area contributed by atoms with Crippen molar-refractivity contribution in [1.29, 1.82) is 0 Å². The molecule has 0 aliphatic carbocycles. The van der Waals surface area contributed by atoms with E-state index in [1.807, 2.05) is 42.5 Å². The van der Waals surface area contributed by atoms with Gasteiger partial charge in [-0.15, -0.1) is 11.8 Å². The molecule has 0 aliphatic rings. The topological polar surface area (TPSA) is 17.1 Å². The van der Waals surface area contributed by atoms with Gasteiger partial charge in [-0.1, -0.05) is 61.5 Å². The molecule has 98 valence electrons. The number of carbonyl (C=O) groups is 1. The van der Waals surface area contributed by atoms with Crippen molar-refractivity contribution in [3.05, 3.63) is 71.3 Å². The molecule has 0 fully saturated rings. The molecule has 0 heterocycles. The normalized spacial score (nSPS) is 10.4. The van der Waals surface area contributed by atoms with E-state index in [0.717, 1.165) is 17.7 Å². The molecule has 2 aromatic carbocycles. The fourth-order valence-corrected chi connectivity index (χ4v) is 2.73. The Morgan fingerprint density at radius 2 is 1.63 bits per heavy atom. The highest BCUT2D eigenvalue weighted by molar-refractivity contribution is 7.99. The fraction of sp³-hybridized carbons (Fsp3) is 0.235. The number of carbonyl (C=O) groups excluding carboxylic acids is 1. The van der Waals surface area contributed by atoms with Crippen molar-refractivity contribution in [3.8, 4) is 0 Å². The lowest BCUT2D eigenvalue weighted by Crippen LogP contribution is -2.02. The lowest BCUT2D eigenvalue weighted by molar-refractivity contribution is 0.102. The van der Waals surface area contributed by atoms with E-state index >= 15 is 0 Å². The van der Waals surface area contributed by atoms with Crippen molar-refractivity contribution < 1.29 is 4.79 Å². The second-order valence-corrected chi connectivity index (χ2v) is 5.44. The molecule has 0 bridgehead atoms. The van der Waals surface area contributed by atoms with Gasteiger partial charge in [-0.3, -0.25) is 4.79 Å². The van der Waals surface area contributed by atoms with Crippen molar-refractivity contribution in [2.24, 2.45) is 0 Å². The number of ketones is 1. The van der Waals surface area contributed by atoms with Crippen LogP contribution in [0, 0.1) is 0 Å². The zero-order valence-corrected chi connectivity index (χ0v) is 12.0. The van der Waals surface area contributed by atoms with E-state index in [2.05, 4.69) is 19.1 Å². The Hall–Kier alpha value is -1.54. The summed E-state index contributed by atoms with van der Waals surface area (Å²) in [5, 5.41) is 0. The fourth-order valence-electron chi connectivity index (χ4n) is 1.85. The molecule has 2 heteroatoms. The molecular weight excluding hydrogens is 252 g/mol. The Morgan fingerprint density at radius 1 is 0.947 bits per heavy atom. The quantitative estimate of drug-likeness (QED) is 0.725. The minimum Gasteiger partial charge on any atom is -0.293 e. The second-order valence-electron chi connectivity index (χ2n) is 4.45. The summed E-state index contributed by atoms with van der Waals surface area (Å²) in [4.78, 5) is 12.0. The van der Waals surface area contributed by atoms with Gasteiger partial charge in [0.2, 0.25) is 0 Å². The summed E-state index contributed by atoms with van der Waals surface area (Å²) in [7, 11) is 0. The van der Waals surface area contributed by atoms with Crippen molar-refractivity contribution in [2.45, 2.75) is 19.1 Å². The third kappa shape index (κ3) is 4.25. The number of hydrogen-bond donors (Lipinski definition) is 0. The molecule has 0 amide bonds. The maximum atomic E-state index is 12.0. The molecule has 0 unspecified atom stereocenters. The van der Waals surface area contributed by atoms with E-state index in [0.29, 0.717) is 5.75 Å². The zero-order valence-electron chi connectivity index (χ0n) is 11.1. The Balaban J connectivity index is 1.84. The maximum Gasteiger partial charge on any atom is 0.172 e. The Bertz CT molecular complexity index is 517. The number of hydrogen-bond acceptors (Lipinski definition) is 2. The highest BCUT2D eigenvalue weighted by Crippen LogP contribution is 2.14. The van der Waals surface area contributed by atoms with Gasteiger partial charge in [0.05, 0.1) is 5.75 Å². The summed E-state index contributed by atoms with van der Waals surface area (Å²) >= 11 is 1.67. The van der Waals surface area contributed by atoms with Crippen LogP contribution < -0.4 is 0 Å². The first-order chi connectivity index (χ1) is 9.29. The predicted molar refractivity (Wildman–Crippen MR) is 82.8 cm³/mol. The summed E-state index contributed by atoms with van der Waals surface area (Å²) in [5.74, 6) is 1.64. The molecule has 0 radical (unpaired) electrons. The Labute approximate surface area is 119 Å². The second kappa shape index (κ2) is 7.15. The lowest BCUT2D eigenvalue weighted by atomic mass is 10.1. The van der Waals surface area contributed by atoms with Crippen LogP contribution in [0.15, 0.2) is 54.6 Å². The van der Waals surface area contributed by atoms with Gasteiger partial charge >= 0.3 is 0 Å². The van der Waals surface area contributed by atoms with E-state index in [9.17, 15) is 4.79 Å². The largest absolute Gasteiger partial charge is 0.293 e. The third-order valence-electron chi connectivity index (χ3n) is 3.03. The van der Waals surface area contributed by atoms with Crippen molar-refractivity contribution >= 4 is 17.5 Å². The van der Waals surface area contributed by atoms with Crippen LogP contribution >= 0.6 is 11.8 Å². The Kier molecular flexibility index (Phi) is 5.22. The molecule has 19 heavy (non-hydrogen) atoms. The van der Waals surface area contributed by atoms with E-state index < -0.39 is 0 Å². The first-order valence-electron chi connectivity index (χ1n) is 6.53. The maximum absolute atomic E-state index is 12.0. The van der Waals surface area contributed by atoms with Gasteiger partial charge in [0.1, 0.15) is 0 Å². The summed E-state index contributed by atoms with van der Waals surface area (Å²) in [6.07, 6.45) is 1.01. The molecule has 2 rings (SSSR count). The molecular formula is C17H18OS. The van der Waals surface area contributed by atoms with Crippen LogP contribution in [0.4, 0.5) is 0 Å². The van der Waals surface area contributed by atoms with E-state index in [-0.39, 0.29) is 5.78 Å². The van der Waals surface area contributed by atoms with Gasteiger partial charge in [-0.05, 0) is 17.5 Å². The van der Waals surface area contributed by atoms with Crippen molar-refractivity contribution in [3.63, 3.8) is 0 Å². The average Bonchev–Trinajstić information content (AvgIpc) is 2.48. The number of rotatable bonds is 6. The highest BCUT2D eigenvalue weighted by atomic mass is 32.2. The van der Waals surface area contributed by atoms with E-state index in [1.54, 1.807) is 11.8 Å². The van der Waals surface area contributed by atoms with Gasteiger partial charge in [0.15, 0.2) is 5.78 Å². The highest BCUT2D eigenvalue weighted by Gasteiger charge is 2.05. The molecule has 0 saturated carbocycles. The van der Waals surface area contributed by atoms with Crippen molar-refractivity contribution in [2.75, 3.05) is 5.75 Å². The summed E-state index contributed by atoms with van der Waals surface area (Å²) in [6, 6.07) is 18.2.